The molecule has 1 heterocycles. The molecule has 0 radical (unpaired) electrons. The molecule has 3 rings (SSSR count). The molecule has 2 aromatic rings. The van der Waals surface area contributed by atoms with Crippen LogP contribution < -0.4 is 9.64 Å². The highest BCUT2D eigenvalue weighted by molar-refractivity contribution is 5.49. The summed E-state index contributed by atoms with van der Waals surface area (Å²) in [4.78, 5) is 2.37. The van der Waals surface area contributed by atoms with E-state index in [-0.39, 0.29) is 0 Å². The molecule has 0 spiro atoms. The number of fused-ring (bicyclic) bond motifs is 1. The zero-order valence-corrected chi connectivity index (χ0v) is 10.6. The molecular weight excluding hydrogens is 222 g/mol. The predicted molar refractivity (Wildman–Crippen MR) is 74.2 cm³/mol. The summed E-state index contributed by atoms with van der Waals surface area (Å²) < 4.78 is 5.81. The molecule has 2 heteroatoms. The Morgan fingerprint density at radius 2 is 1.89 bits per heavy atom. The van der Waals surface area contributed by atoms with E-state index in [2.05, 4.69) is 60.4 Å². The van der Waals surface area contributed by atoms with Crippen molar-refractivity contribution in [1.82, 2.24) is 0 Å². The van der Waals surface area contributed by atoms with Crippen LogP contribution in [0.2, 0.25) is 0 Å². The minimum Gasteiger partial charge on any atom is -0.491 e. The summed E-state index contributed by atoms with van der Waals surface area (Å²) in [5.41, 5.74) is 3.82. The normalized spacial score (nSPS) is 14.6. The van der Waals surface area contributed by atoms with Crippen molar-refractivity contribution in [1.29, 1.82) is 0 Å². The maximum absolute atomic E-state index is 5.81. The Bertz CT molecular complexity index is 536. The molecule has 0 atom stereocenters. The Kier molecular flexibility index (Phi) is 2.93. The minimum atomic E-state index is 0.741. The van der Waals surface area contributed by atoms with Gasteiger partial charge in [0.15, 0.2) is 0 Å². The van der Waals surface area contributed by atoms with Crippen LogP contribution in [-0.2, 0) is 6.54 Å². The van der Waals surface area contributed by atoms with Crippen LogP contribution in [0.3, 0.4) is 0 Å². The zero-order chi connectivity index (χ0) is 12.4. The third kappa shape index (κ3) is 2.19. The molecule has 1 aliphatic rings. The minimum absolute atomic E-state index is 0.741. The van der Waals surface area contributed by atoms with Crippen LogP contribution in [0.4, 0.5) is 5.69 Å². The lowest BCUT2D eigenvalue weighted by Gasteiger charge is -2.22. The fourth-order valence-corrected chi connectivity index (χ4v) is 2.38. The van der Waals surface area contributed by atoms with Crippen molar-refractivity contribution in [2.45, 2.75) is 13.5 Å². The summed E-state index contributed by atoms with van der Waals surface area (Å²) in [7, 11) is 0. The highest BCUT2D eigenvalue weighted by Crippen LogP contribution is 2.26. The number of nitrogens with zero attached hydrogens (tertiary/aromatic N) is 1. The second-order valence-electron chi connectivity index (χ2n) is 4.72. The van der Waals surface area contributed by atoms with Gasteiger partial charge >= 0.3 is 0 Å². The molecule has 92 valence electrons. The van der Waals surface area contributed by atoms with E-state index in [1.807, 2.05) is 0 Å². The van der Waals surface area contributed by atoms with Crippen LogP contribution in [0.25, 0.3) is 0 Å². The van der Waals surface area contributed by atoms with E-state index in [1.165, 1.54) is 16.8 Å². The first-order valence-corrected chi connectivity index (χ1v) is 6.35. The standard InChI is InChI=1S/C16H17NO/c1-13-7-8-16-14(11-13)12-17(9-10-18-16)15-5-3-2-4-6-15/h2-8,11H,9-10,12H2,1H3. The van der Waals surface area contributed by atoms with Crippen molar-refractivity contribution in [3.05, 3.63) is 59.7 Å². The monoisotopic (exact) mass is 239 g/mol. The van der Waals surface area contributed by atoms with Gasteiger partial charge in [-0.25, -0.2) is 0 Å². The van der Waals surface area contributed by atoms with Crippen LogP contribution in [0, 0.1) is 6.92 Å². The van der Waals surface area contributed by atoms with E-state index in [1.54, 1.807) is 0 Å². The zero-order valence-electron chi connectivity index (χ0n) is 10.6. The van der Waals surface area contributed by atoms with Crippen LogP contribution >= 0.6 is 0 Å². The Morgan fingerprint density at radius 3 is 2.72 bits per heavy atom. The fraction of sp³-hybridized carbons (Fsp3) is 0.250. The molecule has 18 heavy (non-hydrogen) atoms. The molecule has 0 unspecified atom stereocenters. The number of anilines is 1. The second-order valence-corrected chi connectivity index (χ2v) is 4.72. The second kappa shape index (κ2) is 4.73. The summed E-state index contributed by atoms with van der Waals surface area (Å²) >= 11 is 0. The van der Waals surface area contributed by atoms with Gasteiger partial charge in [0.1, 0.15) is 12.4 Å². The third-order valence-corrected chi connectivity index (χ3v) is 3.32. The van der Waals surface area contributed by atoms with Gasteiger partial charge in [0.25, 0.3) is 0 Å². The number of para-hydroxylation sites is 1. The molecule has 0 N–H and O–H groups in total. The average Bonchev–Trinajstić information content (AvgIpc) is 2.61. The van der Waals surface area contributed by atoms with Gasteiger partial charge in [-0.15, -0.1) is 0 Å². The van der Waals surface area contributed by atoms with Crippen LogP contribution in [0.1, 0.15) is 11.1 Å². The molecule has 0 saturated carbocycles. The number of ether oxygens (including phenoxy) is 1. The first kappa shape index (κ1) is 11.1. The predicted octanol–water partition coefficient (Wildman–Crippen LogP) is 3.39. The molecule has 0 aromatic heterocycles. The molecular formula is C16H17NO. The van der Waals surface area contributed by atoms with Gasteiger partial charge in [-0.1, -0.05) is 35.9 Å². The molecule has 0 saturated heterocycles. The van der Waals surface area contributed by atoms with E-state index in [9.17, 15) is 0 Å². The Hall–Kier alpha value is -1.96. The summed E-state index contributed by atoms with van der Waals surface area (Å²) in [6.45, 7) is 4.71. The maximum Gasteiger partial charge on any atom is 0.124 e. The van der Waals surface area contributed by atoms with Crippen molar-refractivity contribution in [3.8, 4) is 5.75 Å². The van der Waals surface area contributed by atoms with E-state index in [4.69, 9.17) is 4.74 Å². The van der Waals surface area contributed by atoms with Gasteiger partial charge in [0.2, 0.25) is 0 Å². The third-order valence-electron chi connectivity index (χ3n) is 3.32. The Balaban J connectivity index is 1.92. The Labute approximate surface area is 108 Å². The first-order valence-electron chi connectivity index (χ1n) is 6.35. The molecule has 0 bridgehead atoms. The number of hydrogen-bond donors (Lipinski definition) is 0. The van der Waals surface area contributed by atoms with Crippen molar-refractivity contribution in [3.63, 3.8) is 0 Å². The lowest BCUT2D eigenvalue weighted by molar-refractivity contribution is 0.331. The van der Waals surface area contributed by atoms with E-state index >= 15 is 0 Å². The average molecular weight is 239 g/mol. The lowest BCUT2D eigenvalue weighted by atomic mass is 10.1. The molecule has 0 aliphatic carbocycles. The quantitative estimate of drug-likeness (QED) is 0.756. The molecule has 1 aliphatic heterocycles. The number of aryl methyl sites for hydroxylation is 1. The van der Waals surface area contributed by atoms with E-state index < -0.39 is 0 Å². The summed E-state index contributed by atoms with van der Waals surface area (Å²) in [5.74, 6) is 1.03. The molecule has 2 aromatic carbocycles. The first-order chi connectivity index (χ1) is 8.83. The summed E-state index contributed by atoms with van der Waals surface area (Å²) in [6, 6.07) is 16.9. The molecule has 0 fully saturated rings. The SMILES string of the molecule is Cc1ccc2c(c1)CN(c1ccccc1)CCO2. The largest absolute Gasteiger partial charge is 0.491 e. The lowest BCUT2D eigenvalue weighted by Crippen LogP contribution is -2.25. The van der Waals surface area contributed by atoms with Gasteiger partial charge in [-0.2, -0.15) is 0 Å². The van der Waals surface area contributed by atoms with E-state index in [0.717, 1.165) is 25.4 Å². The molecule has 0 amide bonds. The van der Waals surface area contributed by atoms with Crippen molar-refractivity contribution in [2.75, 3.05) is 18.1 Å². The highest BCUT2D eigenvalue weighted by atomic mass is 16.5. The van der Waals surface area contributed by atoms with Crippen LogP contribution in [0.5, 0.6) is 5.75 Å². The van der Waals surface area contributed by atoms with Crippen LogP contribution in [0.15, 0.2) is 48.5 Å². The molecule has 2 nitrogen and oxygen atoms in total. The van der Waals surface area contributed by atoms with Gasteiger partial charge in [0.05, 0.1) is 6.54 Å². The number of hydrogen-bond acceptors (Lipinski definition) is 2. The van der Waals surface area contributed by atoms with Gasteiger partial charge in [-0.05, 0) is 25.1 Å². The van der Waals surface area contributed by atoms with Gasteiger partial charge in [0, 0.05) is 17.8 Å². The maximum atomic E-state index is 5.81. The fourth-order valence-electron chi connectivity index (χ4n) is 2.38. The summed E-state index contributed by atoms with van der Waals surface area (Å²) in [5, 5.41) is 0. The van der Waals surface area contributed by atoms with Crippen molar-refractivity contribution < 1.29 is 4.74 Å². The van der Waals surface area contributed by atoms with Crippen LogP contribution in [-0.4, -0.2) is 13.2 Å². The van der Waals surface area contributed by atoms with E-state index in [0.29, 0.717) is 0 Å². The number of benzene rings is 2. The van der Waals surface area contributed by atoms with Gasteiger partial charge in [-0.3, -0.25) is 0 Å². The highest BCUT2D eigenvalue weighted by Gasteiger charge is 2.15. The smallest absolute Gasteiger partial charge is 0.124 e. The van der Waals surface area contributed by atoms with Crippen molar-refractivity contribution >= 4 is 5.69 Å². The number of rotatable bonds is 1. The van der Waals surface area contributed by atoms with Crippen molar-refractivity contribution in [2.24, 2.45) is 0 Å². The Morgan fingerprint density at radius 1 is 1.06 bits per heavy atom. The van der Waals surface area contributed by atoms with Gasteiger partial charge < -0.3 is 9.64 Å². The topological polar surface area (TPSA) is 12.5 Å². The summed E-state index contributed by atoms with van der Waals surface area (Å²) in [6.07, 6.45) is 0.